The number of benzene rings is 6. The first-order valence-corrected chi connectivity index (χ1v) is 13.3. The Morgan fingerprint density at radius 3 is 2.11 bits per heavy atom. The summed E-state index contributed by atoms with van der Waals surface area (Å²) in [4.78, 5) is 2.33. The van der Waals surface area contributed by atoms with Gasteiger partial charge in [-0.15, -0.1) is 11.3 Å². The standard InChI is InChI=1S/C34H21NOS/c1-2-11-23(12-3-1)35(24-18-19-27-26-14-7-9-17-31(26)37-32(27)21-24)29-20-22-10-4-5-13-25(22)33-28-15-6-8-16-30(28)36-34(29)33/h1-21H. The molecule has 0 atom stereocenters. The van der Waals surface area contributed by atoms with Crippen molar-refractivity contribution >= 4 is 81.3 Å². The van der Waals surface area contributed by atoms with Crippen molar-refractivity contribution in [1.82, 2.24) is 0 Å². The highest BCUT2D eigenvalue weighted by molar-refractivity contribution is 7.25. The van der Waals surface area contributed by atoms with E-state index in [0.717, 1.165) is 39.0 Å². The molecular formula is C34H21NOS. The first kappa shape index (κ1) is 20.6. The number of hydrogen-bond donors (Lipinski definition) is 0. The van der Waals surface area contributed by atoms with Gasteiger partial charge in [-0.05, 0) is 53.2 Å². The summed E-state index contributed by atoms with van der Waals surface area (Å²) in [6, 6.07) is 45.3. The van der Waals surface area contributed by atoms with Crippen LogP contribution < -0.4 is 4.90 Å². The van der Waals surface area contributed by atoms with Crippen molar-refractivity contribution in [2.24, 2.45) is 0 Å². The molecular weight excluding hydrogens is 470 g/mol. The van der Waals surface area contributed by atoms with Crippen molar-refractivity contribution in [2.75, 3.05) is 4.90 Å². The van der Waals surface area contributed by atoms with Gasteiger partial charge in [0.25, 0.3) is 0 Å². The Hall–Kier alpha value is -4.60. The summed E-state index contributed by atoms with van der Waals surface area (Å²) < 4.78 is 9.20. The number of rotatable bonds is 3. The third-order valence-electron chi connectivity index (χ3n) is 7.23. The molecule has 0 aliphatic rings. The molecule has 0 saturated heterocycles. The summed E-state index contributed by atoms with van der Waals surface area (Å²) in [5, 5.41) is 7.31. The van der Waals surface area contributed by atoms with Crippen LogP contribution >= 0.6 is 11.3 Å². The SMILES string of the molecule is c1ccc(N(c2ccc3c(c2)sc2ccccc23)c2cc3ccccc3c3c2oc2ccccc23)cc1. The fourth-order valence-electron chi connectivity index (χ4n) is 5.58. The van der Waals surface area contributed by atoms with E-state index in [1.54, 1.807) is 0 Å². The second kappa shape index (κ2) is 7.95. The number of fused-ring (bicyclic) bond motifs is 8. The van der Waals surface area contributed by atoms with E-state index in [2.05, 4.69) is 126 Å². The fraction of sp³-hybridized carbons (Fsp3) is 0. The minimum atomic E-state index is 0.903. The molecule has 6 aromatic carbocycles. The van der Waals surface area contributed by atoms with E-state index in [1.807, 2.05) is 17.4 Å². The van der Waals surface area contributed by atoms with Crippen molar-refractivity contribution in [2.45, 2.75) is 0 Å². The zero-order valence-corrected chi connectivity index (χ0v) is 20.7. The lowest BCUT2D eigenvalue weighted by molar-refractivity contribution is 0.669. The lowest BCUT2D eigenvalue weighted by atomic mass is 10.0. The van der Waals surface area contributed by atoms with Crippen LogP contribution in [0.4, 0.5) is 17.1 Å². The van der Waals surface area contributed by atoms with E-state index in [9.17, 15) is 0 Å². The van der Waals surface area contributed by atoms with E-state index in [-0.39, 0.29) is 0 Å². The number of hydrogen-bond acceptors (Lipinski definition) is 3. The van der Waals surface area contributed by atoms with E-state index >= 15 is 0 Å². The van der Waals surface area contributed by atoms with Crippen LogP contribution in [0.15, 0.2) is 132 Å². The number of nitrogens with zero attached hydrogens (tertiary/aromatic N) is 1. The largest absolute Gasteiger partial charge is 0.454 e. The highest BCUT2D eigenvalue weighted by Gasteiger charge is 2.22. The van der Waals surface area contributed by atoms with E-state index in [0.29, 0.717) is 0 Å². The number of furan rings is 1. The monoisotopic (exact) mass is 491 g/mol. The molecule has 0 aliphatic carbocycles. The zero-order chi connectivity index (χ0) is 24.3. The second-order valence-corrected chi connectivity index (χ2v) is 10.5. The molecule has 8 aromatic rings. The summed E-state index contributed by atoms with van der Waals surface area (Å²) in [7, 11) is 0. The average molecular weight is 492 g/mol. The lowest BCUT2D eigenvalue weighted by Crippen LogP contribution is -2.10. The molecule has 0 saturated carbocycles. The topological polar surface area (TPSA) is 16.4 Å². The summed E-state index contributed by atoms with van der Waals surface area (Å²) >= 11 is 1.84. The Bertz CT molecular complexity index is 2100. The van der Waals surface area contributed by atoms with E-state index < -0.39 is 0 Å². The average Bonchev–Trinajstić information content (AvgIpc) is 3.53. The second-order valence-electron chi connectivity index (χ2n) is 9.37. The maximum absolute atomic E-state index is 6.61. The van der Waals surface area contributed by atoms with Crippen LogP contribution in [0.25, 0.3) is 52.9 Å². The van der Waals surface area contributed by atoms with Crippen molar-refractivity contribution < 1.29 is 4.42 Å². The molecule has 0 N–H and O–H groups in total. The van der Waals surface area contributed by atoms with Gasteiger partial charge < -0.3 is 9.32 Å². The Labute approximate surface area is 217 Å². The van der Waals surface area contributed by atoms with Crippen molar-refractivity contribution in [3.8, 4) is 0 Å². The Morgan fingerprint density at radius 2 is 1.22 bits per heavy atom. The summed E-state index contributed by atoms with van der Waals surface area (Å²) in [6.07, 6.45) is 0. The molecule has 0 radical (unpaired) electrons. The summed E-state index contributed by atoms with van der Waals surface area (Å²) in [5.41, 5.74) is 5.06. The third-order valence-corrected chi connectivity index (χ3v) is 8.36. The van der Waals surface area contributed by atoms with Crippen LogP contribution in [-0.2, 0) is 0 Å². The minimum absolute atomic E-state index is 0.903. The molecule has 2 aromatic heterocycles. The van der Waals surface area contributed by atoms with Gasteiger partial charge in [-0.1, -0.05) is 84.9 Å². The van der Waals surface area contributed by atoms with Gasteiger partial charge in [0.15, 0.2) is 5.58 Å². The van der Waals surface area contributed by atoms with Gasteiger partial charge in [-0.25, -0.2) is 0 Å². The van der Waals surface area contributed by atoms with E-state index in [4.69, 9.17) is 4.42 Å². The molecule has 3 heteroatoms. The van der Waals surface area contributed by atoms with Crippen LogP contribution in [0, 0.1) is 0 Å². The lowest BCUT2D eigenvalue weighted by Gasteiger charge is -2.26. The molecule has 2 nitrogen and oxygen atoms in total. The van der Waals surface area contributed by atoms with Crippen LogP contribution in [-0.4, -0.2) is 0 Å². The number of para-hydroxylation sites is 2. The first-order chi connectivity index (χ1) is 18.3. The van der Waals surface area contributed by atoms with Gasteiger partial charge >= 0.3 is 0 Å². The van der Waals surface area contributed by atoms with Crippen LogP contribution in [0.5, 0.6) is 0 Å². The third kappa shape index (κ3) is 3.11. The van der Waals surface area contributed by atoms with Gasteiger partial charge in [0.05, 0.1) is 5.69 Å². The molecule has 2 heterocycles. The highest BCUT2D eigenvalue weighted by Crippen LogP contribution is 2.46. The molecule has 37 heavy (non-hydrogen) atoms. The number of anilines is 3. The van der Waals surface area contributed by atoms with Gasteiger partial charge in [0.1, 0.15) is 5.58 Å². The molecule has 0 bridgehead atoms. The van der Waals surface area contributed by atoms with Gasteiger partial charge in [-0.3, -0.25) is 0 Å². The van der Waals surface area contributed by atoms with Crippen molar-refractivity contribution in [3.63, 3.8) is 0 Å². The van der Waals surface area contributed by atoms with Gasteiger partial charge in [-0.2, -0.15) is 0 Å². The minimum Gasteiger partial charge on any atom is -0.454 e. The quantitative estimate of drug-likeness (QED) is 0.244. The molecule has 0 fully saturated rings. The molecule has 0 unspecified atom stereocenters. The number of thiophene rings is 1. The van der Waals surface area contributed by atoms with Crippen LogP contribution in [0.2, 0.25) is 0 Å². The Morgan fingerprint density at radius 1 is 0.514 bits per heavy atom. The highest BCUT2D eigenvalue weighted by atomic mass is 32.1. The van der Waals surface area contributed by atoms with E-state index in [1.165, 1.54) is 30.9 Å². The van der Waals surface area contributed by atoms with Crippen LogP contribution in [0.3, 0.4) is 0 Å². The van der Waals surface area contributed by atoms with Crippen LogP contribution in [0.1, 0.15) is 0 Å². The smallest absolute Gasteiger partial charge is 0.160 e. The zero-order valence-electron chi connectivity index (χ0n) is 19.9. The maximum atomic E-state index is 6.61. The predicted octanol–water partition coefficient (Wildman–Crippen LogP) is 10.6. The molecule has 8 rings (SSSR count). The normalized spacial score (nSPS) is 11.8. The predicted molar refractivity (Wildman–Crippen MR) is 159 cm³/mol. The fourth-order valence-corrected chi connectivity index (χ4v) is 6.72. The molecule has 174 valence electrons. The van der Waals surface area contributed by atoms with Crippen molar-refractivity contribution in [3.05, 3.63) is 127 Å². The Balaban J connectivity index is 1.47. The van der Waals surface area contributed by atoms with Crippen molar-refractivity contribution in [1.29, 1.82) is 0 Å². The van der Waals surface area contributed by atoms with Gasteiger partial charge in [0.2, 0.25) is 0 Å². The van der Waals surface area contributed by atoms with Gasteiger partial charge in [0, 0.05) is 42.3 Å². The molecule has 0 spiro atoms. The Kier molecular flexibility index (Phi) is 4.42. The maximum Gasteiger partial charge on any atom is 0.160 e. The first-order valence-electron chi connectivity index (χ1n) is 12.4. The molecule has 0 aliphatic heterocycles. The molecule has 0 amide bonds. The summed E-state index contributed by atoms with van der Waals surface area (Å²) in [6.45, 7) is 0. The summed E-state index contributed by atoms with van der Waals surface area (Å²) in [5.74, 6) is 0.